The molecule has 0 aliphatic carbocycles. The molecule has 0 atom stereocenters. The number of nitrogens with two attached hydrogens (primary N) is 1. The van der Waals surface area contributed by atoms with Crippen LogP contribution in [-0.4, -0.2) is 33.4 Å². The van der Waals surface area contributed by atoms with Crippen molar-refractivity contribution in [2.45, 2.75) is 31.1 Å². The third kappa shape index (κ3) is 4.11. The molecule has 0 aliphatic heterocycles. The maximum atomic E-state index is 11.9. The molecule has 1 aromatic carbocycles. The summed E-state index contributed by atoms with van der Waals surface area (Å²) in [4.78, 5) is 0.177. The molecule has 0 unspecified atom stereocenters. The Hall–Kier alpha value is -1.27. The van der Waals surface area contributed by atoms with Crippen LogP contribution in [0.25, 0.3) is 0 Å². The summed E-state index contributed by atoms with van der Waals surface area (Å²) < 4.78 is 30.5. The van der Waals surface area contributed by atoms with Gasteiger partial charge < -0.3 is 10.5 Å². The van der Waals surface area contributed by atoms with Gasteiger partial charge in [0.25, 0.3) is 0 Å². The number of ether oxygens (including phenoxy) is 1. The summed E-state index contributed by atoms with van der Waals surface area (Å²) >= 11 is 0. The molecule has 0 spiro atoms. The Labute approximate surface area is 115 Å². The molecular weight excluding hydrogens is 264 g/mol. The number of nitrogens with zero attached hydrogens (tertiary/aromatic N) is 1. The van der Waals surface area contributed by atoms with E-state index < -0.39 is 10.0 Å². The molecule has 0 aliphatic rings. The number of hydrogen-bond acceptors (Lipinski definition) is 4. The second-order valence-corrected chi connectivity index (χ2v) is 6.69. The number of unbranched alkanes of at least 4 members (excludes halogenated alkanes) is 2. The molecular formula is C13H22N2O3S. The van der Waals surface area contributed by atoms with Crippen LogP contribution in [0.2, 0.25) is 0 Å². The topological polar surface area (TPSA) is 72.6 Å². The van der Waals surface area contributed by atoms with Crippen molar-refractivity contribution in [3.63, 3.8) is 0 Å². The lowest BCUT2D eigenvalue weighted by molar-refractivity contribution is 0.307. The zero-order chi connectivity index (χ0) is 14.5. The van der Waals surface area contributed by atoms with Gasteiger partial charge in [-0.15, -0.1) is 0 Å². The third-order valence-corrected chi connectivity index (χ3v) is 4.58. The molecule has 0 amide bonds. The van der Waals surface area contributed by atoms with Gasteiger partial charge in [-0.05, 0) is 24.6 Å². The Kier molecular flexibility index (Phi) is 5.62. The smallest absolute Gasteiger partial charge is 0.242 e. The van der Waals surface area contributed by atoms with Crippen LogP contribution >= 0.6 is 0 Å². The number of nitrogen functional groups attached to an aromatic ring is 1. The van der Waals surface area contributed by atoms with Gasteiger partial charge in [-0.3, -0.25) is 0 Å². The first-order valence-electron chi connectivity index (χ1n) is 6.34. The second-order valence-electron chi connectivity index (χ2n) is 4.54. The Bertz CT molecular complexity index is 513. The summed E-state index contributed by atoms with van der Waals surface area (Å²) in [6.07, 6.45) is 3.19. The van der Waals surface area contributed by atoms with Gasteiger partial charge in [0.15, 0.2) is 0 Å². The quantitative estimate of drug-likeness (QED) is 0.615. The molecule has 0 saturated heterocycles. The standard InChI is InChI=1S/C13H22N2O3S/c1-4-5-6-9-18-13-8-7-11(10-12(13)14)19(16,17)15(2)3/h7-8,10H,4-6,9,14H2,1-3H3. The lowest BCUT2D eigenvalue weighted by atomic mass is 10.2. The fraction of sp³-hybridized carbons (Fsp3) is 0.538. The van der Waals surface area contributed by atoms with Crippen molar-refractivity contribution in [1.82, 2.24) is 4.31 Å². The van der Waals surface area contributed by atoms with Crippen LogP contribution in [0.4, 0.5) is 5.69 Å². The highest BCUT2D eigenvalue weighted by molar-refractivity contribution is 7.89. The molecule has 1 aromatic rings. The van der Waals surface area contributed by atoms with Crippen molar-refractivity contribution in [2.24, 2.45) is 0 Å². The first-order chi connectivity index (χ1) is 8.89. The molecule has 108 valence electrons. The molecule has 0 heterocycles. The van der Waals surface area contributed by atoms with Gasteiger partial charge in [0, 0.05) is 14.1 Å². The molecule has 0 saturated carbocycles. The molecule has 0 aromatic heterocycles. The van der Waals surface area contributed by atoms with Crippen LogP contribution in [0.5, 0.6) is 5.75 Å². The molecule has 0 bridgehead atoms. The van der Waals surface area contributed by atoms with E-state index >= 15 is 0 Å². The fourth-order valence-corrected chi connectivity index (χ4v) is 2.50. The monoisotopic (exact) mass is 286 g/mol. The Morgan fingerprint density at radius 1 is 1.26 bits per heavy atom. The average molecular weight is 286 g/mol. The van der Waals surface area contributed by atoms with E-state index in [0.29, 0.717) is 18.0 Å². The molecule has 5 nitrogen and oxygen atoms in total. The lowest BCUT2D eigenvalue weighted by Gasteiger charge is -2.13. The van der Waals surface area contributed by atoms with Crippen molar-refractivity contribution >= 4 is 15.7 Å². The minimum atomic E-state index is -3.45. The van der Waals surface area contributed by atoms with Crippen LogP contribution in [0.3, 0.4) is 0 Å². The predicted octanol–water partition coefficient (Wildman–Crippen LogP) is 2.09. The number of sulfonamides is 1. The summed E-state index contributed by atoms with van der Waals surface area (Å²) in [6.45, 7) is 2.72. The van der Waals surface area contributed by atoms with Crippen molar-refractivity contribution in [2.75, 3.05) is 26.4 Å². The van der Waals surface area contributed by atoms with Crippen molar-refractivity contribution in [3.05, 3.63) is 18.2 Å². The van der Waals surface area contributed by atoms with Crippen LogP contribution in [-0.2, 0) is 10.0 Å². The van der Waals surface area contributed by atoms with Crippen molar-refractivity contribution in [3.8, 4) is 5.75 Å². The minimum Gasteiger partial charge on any atom is -0.491 e. The van der Waals surface area contributed by atoms with Crippen molar-refractivity contribution < 1.29 is 13.2 Å². The van der Waals surface area contributed by atoms with Gasteiger partial charge in [0.1, 0.15) is 5.75 Å². The number of hydrogen-bond donors (Lipinski definition) is 1. The van der Waals surface area contributed by atoms with Crippen molar-refractivity contribution in [1.29, 1.82) is 0 Å². The summed E-state index contributed by atoms with van der Waals surface area (Å²) in [5, 5.41) is 0. The van der Waals surface area contributed by atoms with Crippen LogP contribution in [0, 0.1) is 0 Å². The Morgan fingerprint density at radius 2 is 1.95 bits per heavy atom. The van der Waals surface area contributed by atoms with E-state index in [1.807, 2.05) is 0 Å². The van der Waals surface area contributed by atoms with Gasteiger partial charge in [-0.1, -0.05) is 19.8 Å². The average Bonchev–Trinajstić information content (AvgIpc) is 2.35. The largest absolute Gasteiger partial charge is 0.491 e. The van der Waals surface area contributed by atoms with E-state index in [1.165, 1.54) is 26.2 Å². The van der Waals surface area contributed by atoms with Crippen LogP contribution < -0.4 is 10.5 Å². The molecule has 19 heavy (non-hydrogen) atoms. The zero-order valence-corrected chi connectivity index (χ0v) is 12.5. The van der Waals surface area contributed by atoms with E-state index in [4.69, 9.17) is 10.5 Å². The molecule has 1 rings (SSSR count). The van der Waals surface area contributed by atoms with Gasteiger partial charge >= 0.3 is 0 Å². The first kappa shape index (κ1) is 15.8. The third-order valence-electron chi connectivity index (χ3n) is 2.77. The number of rotatable bonds is 7. The molecule has 6 heteroatoms. The summed E-state index contributed by atoms with van der Waals surface area (Å²) in [5.74, 6) is 0.536. The van der Waals surface area contributed by atoms with Gasteiger partial charge in [0.05, 0.1) is 17.2 Å². The highest BCUT2D eigenvalue weighted by atomic mass is 32.2. The fourth-order valence-electron chi connectivity index (χ4n) is 1.56. The SMILES string of the molecule is CCCCCOc1ccc(S(=O)(=O)N(C)C)cc1N. The molecule has 0 fully saturated rings. The summed E-state index contributed by atoms with van der Waals surface area (Å²) in [7, 11) is -0.474. The number of anilines is 1. The zero-order valence-electron chi connectivity index (χ0n) is 11.7. The summed E-state index contributed by atoms with van der Waals surface area (Å²) in [5.41, 5.74) is 6.17. The molecule has 2 N–H and O–H groups in total. The van der Waals surface area contributed by atoms with E-state index in [0.717, 1.165) is 23.6 Å². The normalized spacial score (nSPS) is 11.8. The van der Waals surface area contributed by atoms with E-state index in [-0.39, 0.29) is 4.90 Å². The maximum Gasteiger partial charge on any atom is 0.242 e. The Morgan fingerprint density at radius 3 is 2.47 bits per heavy atom. The summed E-state index contributed by atoms with van der Waals surface area (Å²) in [6, 6.07) is 4.56. The molecule has 0 radical (unpaired) electrons. The highest BCUT2D eigenvalue weighted by Crippen LogP contribution is 2.26. The minimum absolute atomic E-state index is 0.177. The van der Waals surface area contributed by atoms with Gasteiger partial charge in [0.2, 0.25) is 10.0 Å². The van der Waals surface area contributed by atoms with E-state index in [1.54, 1.807) is 6.07 Å². The highest BCUT2D eigenvalue weighted by Gasteiger charge is 2.18. The second kappa shape index (κ2) is 6.77. The van der Waals surface area contributed by atoms with Gasteiger partial charge in [-0.2, -0.15) is 0 Å². The van der Waals surface area contributed by atoms with E-state index in [2.05, 4.69) is 6.92 Å². The maximum absolute atomic E-state index is 11.9. The Balaban J connectivity index is 2.81. The number of benzene rings is 1. The lowest BCUT2D eigenvalue weighted by Crippen LogP contribution is -2.22. The van der Waals surface area contributed by atoms with Gasteiger partial charge in [-0.25, -0.2) is 12.7 Å². The first-order valence-corrected chi connectivity index (χ1v) is 7.78. The van der Waals surface area contributed by atoms with Crippen LogP contribution in [0.1, 0.15) is 26.2 Å². The predicted molar refractivity (Wildman–Crippen MR) is 76.7 cm³/mol. The van der Waals surface area contributed by atoms with E-state index in [9.17, 15) is 8.42 Å². The van der Waals surface area contributed by atoms with Crippen LogP contribution in [0.15, 0.2) is 23.1 Å².